The topological polar surface area (TPSA) is 37.4 Å². The van der Waals surface area contributed by atoms with Crippen LogP contribution in [0.25, 0.3) is 0 Å². The first-order valence-electron chi connectivity index (χ1n) is 6.58. The molecule has 1 aromatic rings. The van der Waals surface area contributed by atoms with Crippen molar-refractivity contribution >= 4 is 23.5 Å². The van der Waals surface area contributed by atoms with Gasteiger partial charge in [0, 0.05) is 24.6 Å². The van der Waals surface area contributed by atoms with Gasteiger partial charge in [0.25, 0.3) is 0 Å². The standard InChI is InChI=1S/C15H19NO2S/c1-19-11-14(17)16-9-7-13(8-10-16)15(18)12-5-3-2-4-6-12/h2-6,13H,7-11H2,1H3. The lowest BCUT2D eigenvalue weighted by atomic mass is 9.89. The van der Waals surface area contributed by atoms with Crippen LogP contribution in [0, 0.1) is 5.92 Å². The van der Waals surface area contributed by atoms with Crippen molar-refractivity contribution in [2.45, 2.75) is 12.8 Å². The smallest absolute Gasteiger partial charge is 0.232 e. The highest BCUT2D eigenvalue weighted by molar-refractivity contribution is 7.99. The molecule has 1 fully saturated rings. The highest BCUT2D eigenvalue weighted by Crippen LogP contribution is 2.22. The molecule has 1 aliphatic heterocycles. The van der Waals surface area contributed by atoms with E-state index in [-0.39, 0.29) is 17.6 Å². The van der Waals surface area contributed by atoms with E-state index in [2.05, 4.69) is 0 Å². The quantitative estimate of drug-likeness (QED) is 0.793. The van der Waals surface area contributed by atoms with Crippen LogP contribution in [0.4, 0.5) is 0 Å². The van der Waals surface area contributed by atoms with Crippen molar-refractivity contribution in [2.24, 2.45) is 5.92 Å². The monoisotopic (exact) mass is 277 g/mol. The minimum absolute atomic E-state index is 0.0701. The Morgan fingerprint density at radius 2 is 1.84 bits per heavy atom. The van der Waals surface area contributed by atoms with E-state index in [9.17, 15) is 9.59 Å². The van der Waals surface area contributed by atoms with Crippen LogP contribution in [-0.2, 0) is 4.79 Å². The van der Waals surface area contributed by atoms with Crippen molar-refractivity contribution in [1.82, 2.24) is 4.90 Å². The molecule has 4 heteroatoms. The van der Waals surface area contributed by atoms with E-state index in [1.165, 1.54) is 0 Å². The molecule has 3 nitrogen and oxygen atoms in total. The Kier molecular flexibility index (Phi) is 5.02. The molecular formula is C15H19NO2S. The molecule has 1 heterocycles. The van der Waals surface area contributed by atoms with Gasteiger partial charge in [0.15, 0.2) is 5.78 Å². The number of carbonyl (C=O) groups excluding carboxylic acids is 2. The van der Waals surface area contributed by atoms with E-state index in [0.29, 0.717) is 18.8 Å². The van der Waals surface area contributed by atoms with Crippen molar-refractivity contribution in [3.05, 3.63) is 35.9 Å². The molecule has 1 amide bonds. The summed E-state index contributed by atoms with van der Waals surface area (Å²) in [5.41, 5.74) is 0.788. The third kappa shape index (κ3) is 3.60. The van der Waals surface area contributed by atoms with Gasteiger partial charge in [-0.25, -0.2) is 0 Å². The molecule has 0 aromatic heterocycles. The number of nitrogens with zero attached hydrogens (tertiary/aromatic N) is 1. The van der Waals surface area contributed by atoms with Crippen LogP contribution in [0.3, 0.4) is 0 Å². The Hall–Kier alpha value is -1.29. The first kappa shape index (κ1) is 14.1. The number of Topliss-reactive ketones (excluding diaryl/α,β-unsaturated/α-hetero) is 1. The van der Waals surface area contributed by atoms with Crippen LogP contribution < -0.4 is 0 Å². The van der Waals surface area contributed by atoms with Gasteiger partial charge in [-0.15, -0.1) is 0 Å². The fraction of sp³-hybridized carbons (Fsp3) is 0.467. The third-order valence-electron chi connectivity index (χ3n) is 3.54. The zero-order chi connectivity index (χ0) is 13.7. The SMILES string of the molecule is CSCC(=O)N1CCC(C(=O)c2ccccc2)CC1. The lowest BCUT2D eigenvalue weighted by Gasteiger charge is -2.31. The first-order valence-corrected chi connectivity index (χ1v) is 7.97. The van der Waals surface area contributed by atoms with Gasteiger partial charge in [-0.05, 0) is 19.1 Å². The van der Waals surface area contributed by atoms with E-state index >= 15 is 0 Å². The molecule has 1 aliphatic rings. The lowest BCUT2D eigenvalue weighted by Crippen LogP contribution is -2.41. The number of likely N-dealkylation sites (tertiary alicyclic amines) is 1. The van der Waals surface area contributed by atoms with Gasteiger partial charge in [-0.3, -0.25) is 9.59 Å². The van der Waals surface area contributed by atoms with E-state index in [1.807, 2.05) is 41.5 Å². The molecule has 0 atom stereocenters. The Balaban J connectivity index is 1.90. The number of hydrogen-bond donors (Lipinski definition) is 0. The number of thioether (sulfide) groups is 1. The zero-order valence-electron chi connectivity index (χ0n) is 11.2. The Labute approximate surface area is 118 Å². The van der Waals surface area contributed by atoms with Crippen LogP contribution in [0.15, 0.2) is 30.3 Å². The fourth-order valence-electron chi connectivity index (χ4n) is 2.44. The van der Waals surface area contributed by atoms with Gasteiger partial charge >= 0.3 is 0 Å². The summed E-state index contributed by atoms with van der Waals surface area (Å²) in [4.78, 5) is 25.9. The van der Waals surface area contributed by atoms with Gasteiger partial charge in [0.1, 0.15) is 0 Å². The lowest BCUT2D eigenvalue weighted by molar-refractivity contribution is -0.129. The number of ketones is 1. The number of carbonyl (C=O) groups is 2. The average molecular weight is 277 g/mol. The molecule has 0 radical (unpaired) electrons. The van der Waals surface area contributed by atoms with Crippen molar-refractivity contribution < 1.29 is 9.59 Å². The molecular weight excluding hydrogens is 258 g/mol. The predicted molar refractivity (Wildman–Crippen MR) is 78.5 cm³/mol. The van der Waals surface area contributed by atoms with Gasteiger partial charge in [-0.1, -0.05) is 30.3 Å². The maximum Gasteiger partial charge on any atom is 0.232 e. The summed E-state index contributed by atoms with van der Waals surface area (Å²) in [7, 11) is 0. The highest BCUT2D eigenvalue weighted by Gasteiger charge is 2.27. The summed E-state index contributed by atoms with van der Waals surface area (Å²) in [6, 6.07) is 9.44. The van der Waals surface area contributed by atoms with Crippen LogP contribution in [0.1, 0.15) is 23.2 Å². The predicted octanol–water partition coefficient (Wildman–Crippen LogP) is 2.47. The summed E-state index contributed by atoms with van der Waals surface area (Å²) in [5, 5.41) is 0. The van der Waals surface area contributed by atoms with Gasteiger partial charge < -0.3 is 4.90 Å². The summed E-state index contributed by atoms with van der Waals surface area (Å²) in [6.07, 6.45) is 3.51. The highest BCUT2D eigenvalue weighted by atomic mass is 32.2. The zero-order valence-corrected chi connectivity index (χ0v) is 12.0. The maximum absolute atomic E-state index is 12.3. The number of hydrogen-bond acceptors (Lipinski definition) is 3. The Morgan fingerprint density at radius 1 is 1.21 bits per heavy atom. The number of amides is 1. The molecule has 0 spiro atoms. The largest absolute Gasteiger partial charge is 0.342 e. The van der Waals surface area contributed by atoms with Crippen LogP contribution in [-0.4, -0.2) is 41.7 Å². The summed E-state index contributed by atoms with van der Waals surface area (Å²) < 4.78 is 0. The second kappa shape index (κ2) is 6.75. The Morgan fingerprint density at radius 3 is 2.42 bits per heavy atom. The van der Waals surface area contributed by atoms with E-state index in [0.717, 1.165) is 18.4 Å². The molecule has 0 saturated carbocycles. The van der Waals surface area contributed by atoms with Crippen molar-refractivity contribution in [2.75, 3.05) is 25.1 Å². The number of piperidine rings is 1. The van der Waals surface area contributed by atoms with Crippen LogP contribution >= 0.6 is 11.8 Å². The molecule has 19 heavy (non-hydrogen) atoms. The second-order valence-corrected chi connectivity index (χ2v) is 5.68. The van der Waals surface area contributed by atoms with Gasteiger partial charge in [0.05, 0.1) is 5.75 Å². The minimum Gasteiger partial charge on any atom is -0.342 e. The fourth-order valence-corrected chi connectivity index (χ4v) is 2.87. The summed E-state index contributed by atoms with van der Waals surface area (Å²) in [6.45, 7) is 1.42. The summed E-state index contributed by atoms with van der Waals surface area (Å²) in [5.74, 6) is 1.02. The van der Waals surface area contributed by atoms with Crippen LogP contribution in [0.5, 0.6) is 0 Å². The van der Waals surface area contributed by atoms with E-state index in [1.54, 1.807) is 11.8 Å². The number of benzene rings is 1. The molecule has 0 aliphatic carbocycles. The van der Waals surface area contributed by atoms with Crippen LogP contribution in [0.2, 0.25) is 0 Å². The summed E-state index contributed by atoms with van der Waals surface area (Å²) >= 11 is 1.55. The third-order valence-corrected chi connectivity index (χ3v) is 4.08. The molecule has 1 saturated heterocycles. The Bertz CT molecular complexity index is 439. The first-order chi connectivity index (χ1) is 9.22. The van der Waals surface area contributed by atoms with E-state index < -0.39 is 0 Å². The maximum atomic E-state index is 12.3. The molecule has 102 valence electrons. The van der Waals surface area contributed by atoms with Crippen molar-refractivity contribution in [3.63, 3.8) is 0 Å². The normalized spacial score (nSPS) is 16.4. The average Bonchev–Trinajstić information content (AvgIpc) is 2.48. The van der Waals surface area contributed by atoms with Crippen molar-refractivity contribution in [1.29, 1.82) is 0 Å². The molecule has 0 N–H and O–H groups in total. The molecule has 2 rings (SSSR count). The van der Waals surface area contributed by atoms with Gasteiger partial charge in [-0.2, -0.15) is 11.8 Å². The second-order valence-electron chi connectivity index (χ2n) is 4.82. The van der Waals surface area contributed by atoms with Crippen molar-refractivity contribution in [3.8, 4) is 0 Å². The van der Waals surface area contributed by atoms with Gasteiger partial charge in [0.2, 0.25) is 5.91 Å². The molecule has 0 bridgehead atoms. The van der Waals surface area contributed by atoms with E-state index in [4.69, 9.17) is 0 Å². The molecule has 0 unspecified atom stereocenters. The number of rotatable bonds is 4. The minimum atomic E-state index is 0.0701. The molecule has 1 aromatic carbocycles.